The zero-order valence-electron chi connectivity index (χ0n) is 31.4. The third kappa shape index (κ3) is 6.45. The molecule has 10 rings (SSSR count). The summed E-state index contributed by atoms with van der Waals surface area (Å²) in [7, 11) is 0. The number of aryl methyl sites for hydroxylation is 1. The second-order valence-corrected chi connectivity index (χ2v) is 14.2. The fraction of sp³-hybridized carbons (Fsp3) is 0.0385. The molecule has 0 spiro atoms. The van der Waals surface area contributed by atoms with Gasteiger partial charge in [-0.3, -0.25) is 0 Å². The molecule has 0 aliphatic rings. The lowest BCUT2D eigenvalue weighted by Gasteiger charge is -2.15. The van der Waals surface area contributed by atoms with Gasteiger partial charge >= 0.3 is 0 Å². The fourth-order valence-corrected chi connectivity index (χ4v) is 7.89. The van der Waals surface area contributed by atoms with Crippen LogP contribution in [0.1, 0.15) is 6.92 Å². The van der Waals surface area contributed by atoms with E-state index in [2.05, 4.69) is 133 Å². The van der Waals surface area contributed by atoms with Crippen LogP contribution >= 0.6 is 0 Å². The van der Waals surface area contributed by atoms with E-state index in [9.17, 15) is 0 Å². The highest BCUT2D eigenvalue weighted by molar-refractivity contribution is 6.13. The van der Waals surface area contributed by atoms with E-state index in [-0.39, 0.29) is 0 Å². The molecule has 0 atom stereocenters. The summed E-state index contributed by atoms with van der Waals surface area (Å²) in [6.07, 6.45) is 0. The molecule has 5 nitrogen and oxygen atoms in total. The van der Waals surface area contributed by atoms with E-state index in [0.717, 1.165) is 73.8 Å². The van der Waals surface area contributed by atoms with Crippen molar-refractivity contribution in [3.8, 4) is 78.9 Å². The van der Waals surface area contributed by atoms with E-state index < -0.39 is 0 Å². The molecule has 0 bridgehead atoms. The maximum Gasteiger partial charge on any atom is 0.160 e. The average molecular weight is 732 g/mol. The van der Waals surface area contributed by atoms with E-state index in [4.69, 9.17) is 19.9 Å². The molecule has 10 aromatic rings. The summed E-state index contributed by atoms with van der Waals surface area (Å²) in [4.78, 5) is 21.1. The Hall–Kier alpha value is -7.50. The van der Waals surface area contributed by atoms with Crippen LogP contribution in [0.3, 0.4) is 0 Å². The summed E-state index contributed by atoms with van der Waals surface area (Å²) in [5.41, 5.74) is 13.9. The monoisotopic (exact) mass is 731 g/mol. The SMILES string of the molecule is CCn1c2ccccc2c2cccc(-c3cc(-c4nc(-c5ccccc5)cc(-c5ccccc5)n4)cc(-c4nc(-c5ccccc5)cc(-c5ccccc5)n4)c3)c21. The van der Waals surface area contributed by atoms with Crippen LogP contribution in [0.2, 0.25) is 0 Å². The van der Waals surface area contributed by atoms with Crippen LogP contribution in [0, 0.1) is 0 Å². The van der Waals surface area contributed by atoms with Crippen LogP contribution in [0.4, 0.5) is 0 Å². The van der Waals surface area contributed by atoms with Crippen molar-refractivity contribution < 1.29 is 0 Å². The summed E-state index contributed by atoms with van der Waals surface area (Å²) >= 11 is 0. The number of benzene rings is 7. The molecule has 7 aromatic carbocycles. The Morgan fingerprint density at radius 3 is 1.18 bits per heavy atom. The first-order valence-electron chi connectivity index (χ1n) is 19.4. The summed E-state index contributed by atoms with van der Waals surface area (Å²) in [5, 5.41) is 2.46. The van der Waals surface area contributed by atoms with Gasteiger partial charge in [-0.05, 0) is 48.9 Å². The van der Waals surface area contributed by atoms with Crippen LogP contribution in [0.15, 0.2) is 194 Å². The fourth-order valence-electron chi connectivity index (χ4n) is 7.89. The Morgan fingerprint density at radius 2 is 0.737 bits per heavy atom. The zero-order chi connectivity index (χ0) is 38.1. The van der Waals surface area contributed by atoms with Gasteiger partial charge in [0.25, 0.3) is 0 Å². The molecule has 0 fully saturated rings. The van der Waals surface area contributed by atoms with Crippen LogP contribution in [0.5, 0.6) is 0 Å². The van der Waals surface area contributed by atoms with E-state index in [1.165, 1.54) is 21.8 Å². The largest absolute Gasteiger partial charge is 0.340 e. The Bertz CT molecular complexity index is 2770. The Morgan fingerprint density at radius 1 is 0.351 bits per heavy atom. The number of aromatic nitrogens is 5. The van der Waals surface area contributed by atoms with Crippen LogP contribution in [-0.2, 0) is 6.54 Å². The number of para-hydroxylation sites is 2. The molecule has 0 saturated carbocycles. The van der Waals surface area contributed by atoms with Gasteiger partial charge < -0.3 is 4.57 Å². The highest BCUT2D eigenvalue weighted by Gasteiger charge is 2.19. The lowest BCUT2D eigenvalue weighted by Crippen LogP contribution is -1.99. The molecule has 0 amide bonds. The van der Waals surface area contributed by atoms with Crippen molar-refractivity contribution in [2.45, 2.75) is 13.5 Å². The third-order valence-electron chi connectivity index (χ3n) is 10.6. The van der Waals surface area contributed by atoms with Gasteiger partial charge in [-0.1, -0.05) is 158 Å². The summed E-state index contributed by atoms with van der Waals surface area (Å²) in [6.45, 7) is 3.05. The molecular formula is C52H37N5. The Balaban J connectivity index is 1.27. The number of fused-ring (bicyclic) bond motifs is 3. The van der Waals surface area contributed by atoms with Crippen molar-refractivity contribution >= 4 is 21.8 Å². The van der Waals surface area contributed by atoms with E-state index in [0.29, 0.717) is 11.6 Å². The molecule has 3 aromatic heterocycles. The van der Waals surface area contributed by atoms with Gasteiger partial charge in [-0.2, -0.15) is 0 Å². The molecule has 270 valence electrons. The van der Waals surface area contributed by atoms with Gasteiger partial charge in [0.15, 0.2) is 11.6 Å². The standard InChI is InChI=1S/C52H37N5/c1-2-57-49-29-16-15-26-43(49)44-28-17-27-42(50(44)57)39-30-40(51-53-45(35-18-7-3-8-19-35)33-46(54-51)36-20-9-4-10-21-36)32-41(31-39)52-55-47(37-22-11-5-12-23-37)34-48(56-52)38-24-13-6-14-25-38/h3-34H,2H2,1H3. The van der Waals surface area contributed by atoms with Gasteiger partial charge in [-0.15, -0.1) is 0 Å². The quantitative estimate of drug-likeness (QED) is 0.156. The molecule has 0 aliphatic carbocycles. The normalized spacial score (nSPS) is 11.3. The van der Waals surface area contributed by atoms with Crippen LogP contribution < -0.4 is 0 Å². The number of nitrogens with zero attached hydrogens (tertiary/aromatic N) is 5. The van der Waals surface area contributed by atoms with Crippen LogP contribution in [-0.4, -0.2) is 24.5 Å². The van der Waals surface area contributed by atoms with Crippen molar-refractivity contribution in [1.82, 2.24) is 24.5 Å². The molecular weight excluding hydrogens is 695 g/mol. The summed E-state index contributed by atoms with van der Waals surface area (Å²) in [5.74, 6) is 1.26. The average Bonchev–Trinajstić information content (AvgIpc) is 3.63. The molecule has 0 saturated heterocycles. The number of rotatable bonds is 8. The van der Waals surface area contributed by atoms with Gasteiger partial charge in [0, 0.05) is 61.8 Å². The zero-order valence-corrected chi connectivity index (χ0v) is 31.4. The van der Waals surface area contributed by atoms with Crippen molar-refractivity contribution in [1.29, 1.82) is 0 Å². The molecule has 5 heteroatoms. The Kier molecular flexibility index (Phi) is 8.73. The van der Waals surface area contributed by atoms with E-state index in [1.807, 2.05) is 72.8 Å². The second kappa shape index (κ2) is 14.6. The van der Waals surface area contributed by atoms with Gasteiger partial charge in [0.1, 0.15) is 0 Å². The van der Waals surface area contributed by atoms with Crippen molar-refractivity contribution in [3.05, 3.63) is 194 Å². The molecule has 0 N–H and O–H groups in total. The smallest absolute Gasteiger partial charge is 0.160 e. The van der Waals surface area contributed by atoms with Gasteiger partial charge in [0.2, 0.25) is 0 Å². The minimum atomic E-state index is 0.629. The molecule has 57 heavy (non-hydrogen) atoms. The molecule has 0 radical (unpaired) electrons. The first-order chi connectivity index (χ1) is 28.2. The first kappa shape index (κ1) is 34.0. The van der Waals surface area contributed by atoms with Crippen molar-refractivity contribution in [2.75, 3.05) is 0 Å². The topological polar surface area (TPSA) is 56.5 Å². The Labute approximate surface area is 331 Å². The number of hydrogen-bond donors (Lipinski definition) is 0. The van der Waals surface area contributed by atoms with Crippen LogP contribution in [0.25, 0.3) is 101 Å². The van der Waals surface area contributed by atoms with Gasteiger partial charge in [-0.25, -0.2) is 19.9 Å². The van der Waals surface area contributed by atoms with Crippen molar-refractivity contribution in [2.24, 2.45) is 0 Å². The molecule has 0 aliphatic heterocycles. The minimum absolute atomic E-state index is 0.629. The lowest BCUT2D eigenvalue weighted by atomic mass is 9.96. The third-order valence-corrected chi connectivity index (χ3v) is 10.6. The maximum absolute atomic E-state index is 5.27. The minimum Gasteiger partial charge on any atom is -0.340 e. The summed E-state index contributed by atoms with van der Waals surface area (Å²) in [6, 6.07) is 67.4. The highest BCUT2D eigenvalue weighted by atomic mass is 15.0. The maximum atomic E-state index is 5.27. The van der Waals surface area contributed by atoms with E-state index in [1.54, 1.807) is 0 Å². The van der Waals surface area contributed by atoms with Crippen molar-refractivity contribution in [3.63, 3.8) is 0 Å². The molecule has 3 heterocycles. The van der Waals surface area contributed by atoms with Gasteiger partial charge in [0.05, 0.1) is 28.3 Å². The molecule has 0 unspecified atom stereocenters. The van der Waals surface area contributed by atoms with E-state index >= 15 is 0 Å². The summed E-state index contributed by atoms with van der Waals surface area (Å²) < 4.78 is 2.42. The first-order valence-corrected chi connectivity index (χ1v) is 19.4. The predicted octanol–water partition coefficient (Wildman–Crippen LogP) is 13.1. The number of hydrogen-bond acceptors (Lipinski definition) is 4. The predicted molar refractivity (Wildman–Crippen MR) is 234 cm³/mol. The lowest BCUT2D eigenvalue weighted by molar-refractivity contribution is 0.828. The second-order valence-electron chi connectivity index (χ2n) is 14.2. The highest BCUT2D eigenvalue weighted by Crippen LogP contribution is 2.40.